The smallest absolute Gasteiger partial charge is 0.329 e. The molecule has 5 nitrogen and oxygen atoms in total. The van der Waals surface area contributed by atoms with Crippen molar-refractivity contribution in [2.75, 3.05) is 6.61 Å². The lowest BCUT2D eigenvalue weighted by molar-refractivity contribution is -0.145. The van der Waals surface area contributed by atoms with E-state index < -0.39 is 29.5 Å². The van der Waals surface area contributed by atoms with Gasteiger partial charge < -0.3 is 10.1 Å². The van der Waals surface area contributed by atoms with E-state index in [9.17, 15) is 18.8 Å². The van der Waals surface area contributed by atoms with Gasteiger partial charge in [-0.3, -0.25) is 9.59 Å². The Morgan fingerprint density at radius 2 is 1.74 bits per heavy atom. The van der Waals surface area contributed by atoms with Crippen LogP contribution in [-0.2, 0) is 9.53 Å². The lowest BCUT2D eigenvalue weighted by Gasteiger charge is -2.16. The van der Waals surface area contributed by atoms with Crippen LogP contribution in [0.1, 0.15) is 39.6 Å². The molecule has 1 amide bonds. The van der Waals surface area contributed by atoms with Crippen LogP contribution in [-0.4, -0.2) is 30.3 Å². The predicted molar refractivity (Wildman–Crippen MR) is 97.6 cm³/mol. The van der Waals surface area contributed by atoms with Gasteiger partial charge in [0.1, 0.15) is 11.9 Å². The van der Waals surface area contributed by atoms with Crippen molar-refractivity contribution in [3.63, 3.8) is 0 Å². The van der Waals surface area contributed by atoms with Crippen LogP contribution in [0.5, 0.6) is 0 Å². The van der Waals surface area contributed by atoms with Crippen LogP contribution in [0.2, 0.25) is 0 Å². The van der Waals surface area contributed by atoms with Crippen molar-refractivity contribution in [1.29, 1.82) is 0 Å². The van der Waals surface area contributed by atoms with Crippen molar-refractivity contribution in [2.45, 2.75) is 19.4 Å². The molecule has 2 aromatic rings. The first kappa shape index (κ1) is 19.9. The van der Waals surface area contributed by atoms with E-state index in [2.05, 4.69) is 11.2 Å². The standard InChI is InChI=1S/C21H18FNO4/c1-3-7-18(21(26)27-4-2)23-20(25)17-9-6-5-8-16(17)19(24)14-10-12-15(22)13-11-14/h1,5-6,8-13,18H,4,7H2,2H3,(H,23,25). The molecule has 0 aromatic heterocycles. The maximum absolute atomic E-state index is 13.1. The molecule has 27 heavy (non-hydrogen) atoms. The Balaban J connectivity index is 2.29. The summed E-state index contributed by atoms with van der Waals surface area (Å²) in [6.07, 6.45) is 5.21. The van der Waals surface area contributed by atoms with Crippen LogP contribution in [0.25, 0.3) is 0 Å². The van der Waals surface area contributed by atoms with Gasteiger partial charge in [-0.05, 0) is 37.3 Å². The molecule has 2 rings (SSSR count). The molecule has 6 heteroatoms. The number of esters is 1. The van der Waals surface area contributed by atoms with Gasteiger partial charge in [-0.1, -0.05) is 18.2 Å². The third-order valence-electron chi connectivity index (χ3n) is 3.72. The van der Waals surface area contributed by atoms with Crippen molar-refractivity contribution in [2.24, 2.45) is 0 Å². The number of halogens is 1. The fraction of sp³-hybridized carbons (Fsp3) is 0.190. The second-order valence-electron chi connectivity index (χ2n) is 5.57. The minimum atomic E-state index is -1.02. The van der Waals surface area contributed by atoms with Gasteiger partial charge >= 0.3 is 5.97 Å². The van der Waals surface area contributed by atoms with Crippen LogP contribution in [0.15, 0.2) is 48.5 Å². The Hall–Kier alpha value is -3.46. The summed E-state index contributed by atoms with van der Waals surface area (Å²) in [6, 6.07) is 10.1. The number of ether oxygens (including phenoxy) is 1. The van der Waals surface area contributed by atoms with E-state index in [0.717, 1.165) is 0 Å². The number of ketones is 1. The van der Waals surface area contributed by atoms with E-state index in [-0.39, 0.29) is 29.7 Å². The number of benzene rings is 2. The van der Waals surface area contributed by atoms with Crippen molar-refractivity contribution in [3.05, 3.63) is 71.0 Å². The molecule has 0 heterocycles. The summed E-state index contributed by atoms with van der Waals surface area (Å²) >= 11 is 0. The summed E-state index contributed by atoms with van der Waals surface area (Å²) in [5.74, 6) is 0.129. The first-order valence-corrected chi connectivity index (χ1v) is 8.28. The zero-order chi connectivity index (χ0) is 19.8. The van der Waals surface area contributed by atoms with E-state index in [1.54, 1.807) is 19.1 Å². The zero-order valence-corrected chi connectivity index (χ0v) is 14.7. The lowest BCUT2D eigenvalue weighted by Crippen LogP contribution is -2.42. The molecule has 0 aliphatic rings. The Bertz CT molecular complexity index is 884. The molecule has 0 aliphatic carbocycles. The molecule has 138 valence electrons. The van der Waals surface area contributed by atoms with Crippen LogP contribution in [0.3, 0.4) is 0 Å². The molecule has 0 fully saturated rings. The monoisotopic (exact) mass is 367 g/mol. The van der Waals surface area contributed by atoms with Crippen molar-refractivity contribution < 1.29 is 23.5 Å². The molecule has 0 saturated carbocycles. The maximum atomic E-state index is 13.1. The number of terminal acetylenes is 1. The van der Waals surface area contributed by atoms with Crippen LogP contribution >= 0.6 is 0 Å². The van der Waals surface area contributed by atoms with Gasteiger partial charge in [0.2, 0.25) is 0 Å². The average Bonchev–Trinajstić information content (AvgIpc) is 2.67. The van der Waals surface area contributed by atoms with E-state index in [1.807, 2.05) is 0 Å². The summed E-state index contributed by atoms with van der Waals surface area (Å²) in [7, 11) is 0. The van der Waals surface area contributed by atoms with Crippen LogP contribution in [0.4, 0.5) is 4.39 Å². The van der Waals surface area contributed by atoms with Gasteiger partial charge in [-0.15, -0.1) is 12.3 Å². The van der Waals surface area contributed by atoms with Gasteiger partial charge in [0.25, 0.3) is 5.91 Å². The fourth-order valence-corrected chi connectivity index (χ4v) is 2.43. The number of carbonyl (C=O) groups is 3. The molecule has 1 atom stereocenters. The first-order valence-electron chi connectivity index (χ1n) is 8.28. The van der Waals surface area contributed by atoms with Crippen molar-refractivity contribution in [3.8, 4) is 12.3 Å². The highest BCUT2D eigenvalue weighted by molar-refractivity contribution is 6.15. The molecule has 0 bridgehead atoms. The molecule has 0 saturated heterocycles. The molecule has 0 aliphatic heterocycles. The highest BCUT2D eigenvalue weighted by Gasteiger charge is 2.24. The highest BCUT2D eigenvalue weighted by Crippen LogP contribution is 2.16. The molecular weight excluding hydrogens is 349 g/mol. The summed E-state index contributed by atoms with van der Waals surface area (Å²) in [4.78, 5) is 37.3. The predicted octanol–water partition coefficient (Wildman–Crippen LogP) is 2.74. The second-order valence-corrected chi connectivity index (χ2v) is 5.57. The molecule has 2 aromatic carbocycles. The number of rotatable bonds is 7. The molecule has 1 unspecified atom stereocenters. The van der Waals surface area contributed by atoms with E-state index in [0.29, 0.717) is 0 Å². The molecular formula is C21H18FNO4. The fourth-order valence-electron chi connectivity index (χ4n) is 2.43. The third-order valence-corrected chi connectivity index (χ3v) is 3.72. The van der Waals surface area contributed by atoms with E-state index in [4.69, 9.17) is 11.2 Å². The third kappa shape index (κ3) is 5.02. The Morgan fingerprint density at radius 3 is 2.33 bits per heavy atom. The second kappa shape index (κ2) is 9.30. The molecule has 0 radical (unpaired) electrons. The molecule has 1 N–H and O–H groups in total. The number of nitrogens with one attached hydrogen (secondary N) is 1. The summed E-state index contributed by atoms with van der Waals surface area (Å²) < 4.78 is 18.0. The quantitative estimate of drug-likeness (QED) is 0.464. The Labute approximate surface area is 156 Å². The SMILES string of the molecule is C#CCC(NC(=O)c1ccccc1C(=O)c1ccc(F)cc1)C(=O)OCC. The topological polar surface area (TPSA) is 72.5 Å². The van der Waals surface area contributed by atoms with Crippen molar-refractivity contribution >= 4 is 17.7 Å². The lowest BCUT2D eigenvalue weighted by atomic mass is 9.97. The number of hydrogen-bond donors (Lipinski definition) is 1. The number of carbonyl (C=O) groups excluding carboxylic acids is 3. The Morgan fingerprint density at radius 1 is 1.11 bits per heavy atom. The minimum Gasteiger partial charge on any atom is -0.464 e. The highest BCUT2D eigenvalue weighted by atomic mass is 19.1. The minimum absolute atomic E-state index is 0.0430. The summed E-state index contributed by atoms with van der Waals surface area (Å²) in [6.45, 7) is 1.79. The van der Waals surface area contributed by atoms with Gasteiger partial charge in [-0.25, -0.2) is 9.18 Å². The first-order chi connectivity index (χ1) is 13.0. The van der Waals surface area contributed by atoms with Gasteiger partial charge in [0.05, 0.1) is 12.2 Å². The van der Waals surface area contributed by atoms with Crippen LogP contribution in [0, 0.1) is 18.2 Å². The van der Waals surface area contributed by atoms with E-state index in [1.165, 1.54) is 36.4 Å². The van der Waals surface area contributed by atoms with Crippen LogP contribution < -0.4 is 5.32 Å². The summed E-state index contributed by atoms with van der Waals surface area (Å²) in [5.41, 5.74) is 0.449. The normalized spacial score (nSPS) is 11.1. The summed E-state index contributed by atoms with van der Waals surface area (Å²) in [5, 5.41) is 2.51. The molecule has 0 spiro atoms. The van der Waals surface area contributed by atoms with Gasteiger partial charge in [0.15, 0.2) is 5.78 Å². The number of hydrogen-bond acceptors (Lipinski definition) is 4. The van der Waals surface area contributed by atoms with E-state index >= 15 is 0 Å². The maximum Gasteiger partial charge on any atom is 0.329 e. The zero-order valence-electron chi connectivity index (χ0n) is 14.7. The largest absolute Gasteiger partial charge is 0.464 e. The average molecular weight is 367 g/mol. The Kier molecular flexibility index (Phi) is 6.84. The van der Waals surface area contributed by atoms with Crippen molar-refractivity contribution in [1.82, 2.24) is 5.32 Å². The number of amides is 1. The van der Waals surface area contributed by atoms with Gasteiger partial charge in [0, 0.05) is 17.5 Å². The van der Waals surface area contributed by atoms with Gasteiger partial charge in [-0.2, -0.15) is 0 Å².